The third-order valence-electron chi connectivity index (χ3n) is 8.61. The summed E-state index contributed by atoms with van der Waals surface area (Å²) in [7, 11) is 1.45. The monoisotopic (exact) mass is 546 g/mol. The van der Waals surface area contributed by atoms with E-state index in [0.717, 1.165) is 31.4 Å². The number of anilines is 1. The first-order valence-corrected chi connectivity index (χ1v) is 13.5. The fraction of sp³-hybridized carbons (Fsp3) is 0.517. The average molecular weight is 547 g/mol. The lowest BCUT2D eigenvalue weighted by atomic mass is 9.83. The minimum absolute atomic E-state index is 0.0728. The molecule has 10 heteroatoms. The Bertz CT molecular complexity index is 1210. The number of carbonyl (C=O) groups is 2. The molecule has 4 atom stereocenters. The molecule has 3 N–H and O–H groups in total. The van der Waals surface area contributed by atoms with Crippen molar-refractivity contribution in [1.82, 2.24) is 5.32 Å². The van der Waals surface area contributed by atoms with Crippen LogP contribution in [0, 0.1) is 41.1 Å². The zero-order valence-electron chi connectivity index (χ0n) is 21.7. The SMILES string of the molecule is COc1cc(F)c(O[C@H]2CC[C@@H](C(=O)O)CC2)cc1CN[C@@H]1[C@H]2CC[C@H](C2)[C@@H]1C(=O)Nc1c(F)cccc1F. The quantitative estimate of drug-likeness (QED) is 0.396. The summed E-state index contributed by atoms with van der Waals surface area (Å²) in [6.07, 6.45) is 4.43. The van der Waals surface area contributed by atoms with Crippen LogP contribution in [0.4, 0.5) is 18.9 Å². The second-order valence-corrected chi connectivity index (χ2v) is 10.9. The lowest BCUT2D eigenvalue weighted by Gasteiger charge is -2.31. The molecule has 2 aromatic carbocycles. The molecule has 210 valence electrons. The Kier molecular flexibility index (Phi) is 8.02. The van der Waals surface area contributed by atoms with Gasteiger partial charge in [0.05, 0.1) is 25.0 Å². The van der Waals surface area contributed by atoms with Crippen LogP contribution in [-0.4, -0.2) is 36.2 Å². The van der Waals surface area contributed by atoms with Gasteiger partial charge < -0.3 is 25.2 Å². The van der Waals surface area contributed by atoms with E-state index < -0.39 is 46.9 Å². The lowest BCUT2D eigenvalue weighted by Crippen LogP contribution is -2.46. The van der Waals surface area contributed by atoms with E-state index >= 15 is 0 Å². The molecule has 5 rings (SSSR count). The Balaban J connectivity index is 1.28. The number of fused-ring (bicyclic) bond motifs is 2. The number of methoxy groups -OCH3 is 1. The zero-order valence-corrected chi connectivity index (χ0v) is 21.7. The van der Waals surface area contributed by atoms with Gasteiger partial charge in [0.25, 0.3) is 0 Å². The van der Waals surface area contributed by atoms with Crippen molar-refractivity contribution in [2.75, 3.05) is 12.4 Å². The van der Waals surface area contributed by atoms with Crippen LogP contribution >= 0.6 is 0 Å². The van der Waals surface area contributed by atoms with Crippen LogP contribution in [0.3, 0.4) is 0 Å². The number of carboxylic acids is 1. The number of halogens is 3. The summed E-state index contributed by atoms with van der Waals surface area (Å²) in [5.41, 5.74) is 0.207. The maximum atomic E-state index is 14.8. The number of nitrogens with one attached hydrogen (secondary N) is 2. The average Bonchev–Trinajstić information content (AvgIpc) is 3.53. The fourth-order valence-electron chi connectivity index (χ4n) is 6.62. The molecule has 1 amide bonds. The Labute approximate surface area is 225 Å². The topological polar surface area (TPSA) is 96.9 Å². The van der Waals surface area contributed by atoms with E-state index in [-0.39, 0.29) is 36.3 Å². The van der Waals surface area contributed by atoms with E-state index in [1.807, 2.05) is 0 Å². The second-order valence-electron chi connectivity index (χ2n) is 10.9. The Morgan fingerprint density at radius 2 is 1.64 bits per heavy atom. The van der Waals surface area contributed by atoms with Crippen molar-refractivity contribution in [2.24, 2.45) is 23.7 Å². The number of carbonyl (C=O) groups excluding carboxylic acids is 1. The lowest BCUT2D eigenvalue weighted by molar-refractivity contribution is -0.143. The van der Waals surface area contributed by atoms with Crippen molar-refractivity contribution in [3.8, 4) is 11.5 Å². The first-order chi connectivity index (χ1) is 18.7. The summed E-state index contributed by atoms with van der Waals surface area (Å²) in [5, 5.41) is 15.1. The molecule has 3 aliphatic rings. The van der Waals surface area contributed by atoms with E-state index in [1.54, 1.807) is 6.07 Å². The Hall–Kier alpha value is -3.27. The molecule has 7 nitrogen and oxygen atoms in total. The molecule has 0 unspecified atom stereocenters. The van der Waals surface area contributed by atoms with Crippen molar-refractivity contribution in [2.45, 2.75) is 63.6 Å². The largest absolute Gasteiger partial charge is 0.496 e. The van der Waals surface area contributed by atoms with Gasteiger partial charge in [-0.15, -0.1) is 0 Å². The normalized spacial score (nSPS) is 27.8. The van der Waals surface area contributed by atoms with Crippen molar-refractivity contribution in [1.29, 1.82) is 0 Å². The van der Waals surface area contributed by atoms with Crippen LogP contribution in [0.1, 0.15) is 50.5 Å². The standard InChI is InChI=1S/C29H33F3N2O5/c1-38-23-13-22(32)24(39-19-9-7-15(8-10-19)29(36)37)12-18(23)14-33-26-17-6-5-16(11-17)25(26)28(35)34-27-20(30)3-2-4-21(27)31/h2-4,12-13,15-17,19,25-26,33H,5-11,14H2,1H3,(H,34,35)(H,36,37)/t15-,16-,17+,19+,25+,26-/m1/s1. The van der Waals surface area contributed by atoms with Gasteiger partial charge in [-0.05, 0) is 75.0 Å². The van der Waals surface area contributed by atoms with Gasteiger partial charge in [0.1, 0.15) is 23.1 Å². The van der Waals surface area contributed by atoms with E-state index in [4.69, 9.17) is 9.47 Å². The second kappa shape index (κ2) is 11.5. The number of hydrogen-bond donors (Lipinski definition) is 3. The molecular formula is C29H33F3N2O5. The van der Waals surface area contributed by atoms with Gasteiger partial charge in [0, 0.05) is 24.2 Å². The third-order valence-corrected chi connectivity index (χ3v) is 8.61. The molecule has 3 saturated carbocycles. The number of hydrogen-bond acceptors (Lipinski definition) is 5. The van der Waals surface area contributed by atoms with Gasteiger partial charge in [-0.25, -0.2) is 13.2 Å². The van der Waals surface area contributed by atoms with E-state index in [2.05, 4.69) is 10.6 Å². The molecular weight excluding hydrogens is 513 g/mol. The number of aliphatic carboxylic acids is 1. The van der Waals surface area contributed by atoms with E-state index in [9.17, 15) is 27.9 Å². The molecule has 0 heterocycles. The number of rotatable bonds is 9. The van der Waals surface area contributed by atoms with Gasteiger partial charge in [-0.1, -0.05) is 6.07 Å². The number of para-hydroxylation sites is 1. The van der Waals surface area contributed by atoms with Gasteiger partial charge in [-0.2, -0.15) is 0 Å². The molecule has 2 bridgehead atoms. The van der Waals surface area contributed by atoms with Crippen molar-refractivity contribution >= 4 is 17.6 Å². The molecule has 0 aliphatic heterocycles. The molecule has 0 saturated heterocycles. The summed E-state index contributed by atoms with van der Waals surface area (Å²) in [5.74, 6) is -3.56. The first-order valence-electron chi connectivity index (χ1n) is 13.5. The number of amides is 1. The summed E-state index contributed by atoms with van der Waals surface area (Å²) in [6, 6.07) is 6.09. The highest BCUT2D eigenvalue weighted by atomic mass is 19.1. The highest BCUT2D eigenvalue weighted by Gasteiger charge is 2.50. The van der Waals surface area contributed by atoms with Gasteiger partial charge >= 0.3 is 5.97 Å². The molecule has 2 aromatic rings. The molecule has 39 heavy (non-hydrogen) atoms. The first kappa shape index (κ1) is 27.3. The van der Waals surface area contributed by atoms with Crippen molar-refractivity contribution in [3.63, 3.8) is 0 Å². The molecule has 3 fully saturated rings. The van der Waals surface area contributed by atoms with Crippen LogP contribution in [0.2, 0.25) is 0 Å². The van der Waals surface area contributed by atoms with Crippen LogP contribution in [0.5, 0.6) is 11.5 Å². The third kappa shape index (κ3) is 5.71. The van der Waals surface area contributed by atoms with Gasteiger partial charge in [0.15, 0.2) is 11.6 Å². The maximum absolute atomic E-state index is 14.8. The minimum Gasteiger partial charge on any atom is -0.496 e. The van der Waals surface area contributed by atoms with Crippen LogP contribution in [0.25, 0.3) is 0 Å². The highest BCUT2D eigenvalue weighted by Crippen LogP contribution is 2.49. The maximum Gasteiger partial charge on any atom is 0.306 e. The van der Waals surface area contributed by atoms with Crippen LogP contribution < -0.4 is 20.1 Å². The molecule has 0 spiro atoms. The molecule has 3 aliphatic carbocycles. The summed E-state index contributed by atoms with van der Waals surface area (Å²) in [6.45, 7) is 0.275. The highest BCUT2D eigenvalue weighted by molar-refractivity contribution is 5.94. The minimum atomic E-state index is -0.823. The summed E-state index contributed by atoms with van der Waals surface area (Å²) < 4.78 is 54.5. The smallest absolute Gasteiger partial charge is 0.306 e. The van der Waals surface area contributed by atoms with Gasteiger partial charge in [-0.3, -0.25) is 9.59 Å². The van der Waals surface area contributed by atoms with Crippen molar-refractivity contribution < 1.29 is 37.3 Å². The Morgan fingerprint density at radius 3 is 2.31 bits per heavy atom. The number of carboxylic acid groups (broad SMARTS) is 1. The molecule has 0 aromatic heterocycles. The molecule has 0 radical (unpaired) electrons. The van der Waals surface area contributed by atoms with Crippen molar-refractivity contribution in [3.05, 3.63) is 53.3 Å². The number of ether oxygens (including phenoxy) is 2. The van der Waals surface area contributed by atoms with E-state index in [0.29, 0.717) is 37.0 Å². The number of benzene rings is 2. The predicted molar refractivity (Wildman–Crippen MR) is 137 cm³/mol. The predicted octanol–water partition coefficient (Wildman–Crippen LogP) is 5.28. The van der Waals surface area contributed by atoms with Crippen LogP contribution in [-0.2, 0) is 16.1 Å². The van der Waals surface area contributed by atoms with Crippen LogP contribution in [0.15, 0.2) is 30.3 Å². The van der Waals surface area contributed by atoms with E-state index in [1.165, 1.54) is 19.2 Å². The fourth-order valence-corrected chi connectivity index (χ4v) is 6.62. The Morgan fingerprint density at radius 1 is 0.949 bits per heavy atom. The summed E-state index contributed by atoms with van der Waals surface area (Å²) >= 11 is 0. The summed E-state index contributed by atoms with van der Waals surface area (Å²) in [4.78, 5) is 24.4. The van der Waals surface area contributed by atoms with Gasteiger partial charge in [0.2, 0.25) is 5.91 Å². The zero-order chi connectivity index (χ0) is 27.7.